The average Bonchev–Trinajstić information content (AvgIpc) is 3.31. The Morgan fingerprint density at radius 2 is 1.68 bits per heavy atom. The van der Waals surface area contributed by atoms with Crippen LogP contribution in [0.5, 0.6) is 0 Å². The lowest BCUT2D eigenvalue weighted by atomic mass is 9.51. The third-order valence-corrected chi connectivity index (χ3v) is 8.91. The van der Waals surface area contributed by atoms with Gasteiger partial charge in [-0.25, -0.2) is 14.6 Å². The highest BCUT2D eigenvalue weighted by molar-refractivity contribution is 6.68. The third kappa shape index (κ3) is 4.94. The fourth-order valence-electron chi connectivity index (χ4n) is 6.89. The number of ketones is 1. The second-order valence-corrected chi connectivity index (χ2v) is 12.0. The Labute approximate surface area is 239 Å². The summed E-state index contributed by atoms with van der Waals surface area (Å²) in [5, 5.41) is 16.4. The van der Waals surface area contributed by atoms with Gasteiger partial charge in [0.15, 0.2) is 17.9 Å². The first-order chi connectivity index (χ1) is 19.5. The first kappa shape index (κ1) is 28.9. The molecule has 0 radical (unpaired) electrons. The van der Waals surface area contributed by atoms with Crippen LogP contribution >= 0.6 is 0 Å². The number of Topliss-reactive ketones (excluding diaryl/α,β-unsaturated/α-hetero) is 1. The van der Waals surface area contributed by atoms with Crippen molar-refractivity contribution in [2.24, 2.45) is 5.92 Å². The van der Waals surface area contributed by atoms with Crippen LogP contribution < -0.4 is 10.6 Å². The lowest BCUT2D eigenvalue weighted by Crippen LogP contribution is -2.74. The summed E-state index contributed by atoms with van der Waals surface area (Å²) in [6.07, 6.45) is -0.934. The van der Waals surface area contributed by atoms with Crippen molar-refractivity contribution in [1.29, 1.82) is 0 Å². The van der Waals surface area contributed by atoms with Crippen molar-refractivity contribution in [3.8, 4) is 11.3 Å². The Kier molecular flexibility index (Phi) is 7.75. The van der Waals surface area contributed by atoms with Gasteiger partial charge in [-0.2, -0.15) is 0 Å². The van der Waals surface area contributed by atoms with Crippen LogP contribution in [-0.4, -0.2) is 89.2 Å². The number of hydrogen-bond acceptors (Lipinski definition) is 9. The fourth-order valence-corrected chi connectivity index (χ4v) is 6.89. The van der Waals surface area contributed by atoms with Gasteiger partial charge in [0.25, 0.3) is 5.91 Å². The molecule has 0 aliphatic carbocycles. The van der Waals surface area contributed by atoms with Gasteiger partial charge in [-0.15, -0.1) is 0 Å². The van der Waals surface area contributed by atoms with E-state index in [-0.39, 0.29) is 22.4 Å². The van der Waals surface area contributed by atoms with Gasteiger partial charge in [0, 0.05) is 12.6 Å². The second kappa shape index (κ2) is 11.0. The molecule has 2 aromatic rings. The van der Waals surface area contributed by atoms with Crippen LogP contribution in [0.25, 0.3) is 11.3 Å². The molecule has 7 atom stereocenters. The Bertz CT molecular complexity index is 1330. The fraction of sp³-hybridized carbons (Fsp3) is 0.483. The molecule has 1 amide bonds. The lowest BCUT2D eigenvalue weighted by molar-refractivity contribution is -0.846. The van der Waals surface area contributed by atoms with E-state index >= 15 is 0 Å². The maximum atomic E-state index is 13.8. The number of amides is 1. The normalized spacial score (nSPS) is 28.8. The molecule has 41 heavy (non-hydrogen) atoms. The summed E-state index contributed by atoms with van der Waals surface area (Å²) in [6, 6.07) is 11.9. The third-order valence-electron chi connectivity index (χ3n) is 8.91. The summed E-state index contributed by atoms with van der Waals surface area (Å²) in [5.74, 6) is -2.52. The average molecular weight is 564 g/mol. The van der Waals surface area contributed by atoms with E-state index in [1.165, 1.54) is 6.92 Å². The van der Waals surface area contributed by atoms with E-state index in [2.05, 4.69) is 15.6 Å². The maximum Gasteiger partial charge on any atom is 0.587 e. The number of nitrogens with one attached hydrogen (secondary N) is 2. The molecule has 3 aliphatic rings. The number of carbonyl (C=O) groups is 4. The van der Waals surface area contributed by atoms with Gasteiger partial charge < -0.3 is 29.4 Å². The number of quaternary nitrogens is 1. The van der Waals surface area contributed by atoms with Crippen molar-refractivity contribution < 1.29 is 38.0 Å². The number of carbonyl (C=O) groups excluding carboxylic acids is 4. The number of benzene rings is 1. The molecule has 3 saturated heterocycles. The summed E-state index contributed by atoms with van der Waals surface area (Å²) in [6.45, 7) is 3.51. The molecule has 4 heterocycles. The number of rotatable bonds is 10. The van der Waals surface area contributed by atoms with Gasteiger partial charge in [-0.1, -0.05) is 56.7 Å². The maximum absolute atomic E-state index is 13.8. The van der Waals surface area contributed by atoms with E-state index in [1.807, 2.05) is 51.2 Å². The molecule has 12 heteroatoms. The van der Waals surface area contributed by atoms with Crippen LogP contribution in [0.15, 0.2) is 48.5 Å². The van der Waals surface area contributed by atoms with E-state index in [1.54, 1.807) is 18.2 Å². The zero-order chi connectivity index (χ0) is 29.5. The summed E-state index contributed by atoms with van der Waals surface area (Å²) in [7, 11) is 1.81. The van der Waals surface area contributed by atoms with Gasteiger partial charge in [0.05, 0.1) is 24.9 Å². The highest BCUT2D eigenvalue weighted by Gasteiger charge is 2.76. The smallest absolute Gasteiger partial charge is 0.587 e. The van der Waals surface area contributed by atoms with E-state index in [4.69, 9.17) is 9.31 Å². The number of nitrogens with zero attached hydrogens (tertiary/aromatic N) is 2. The van der Waals surface area contributed by atoms with Crippen molar-refractivity contribution in [2.75, 3.05) is 20.1 Å². The van der Waals surface area contributed by atoms with Gasteiger partial charge in [-0.3, -0.25) is 9.59 Å². The minimum absolute atomic E-state index is 0.0166. The first-order valence-electron chi connectivity index (χ1n) is 14.2. The molecule has 2 unspecified atom stereocenters. The Hall–Kier alpha value is -3.61. The van der Waals surface area contributed by atoms with Crippen LogP contribution in [0, 0.1) is 5.92 Å². The molecule has 0 spiro atoms. The van der Waals surface area contributed by atoms with Gasteiger partial charge in [0.2, 0.25) is 0 Å². The van der Waals surface area contributed by atoms with Crippen molar-refractivity contribution in [3.63, 3.8) is 0 Å². The Balaban J connectivity index is 1.40. The number of aliphatic hydroxyl groups excluding tert-OH is 1. The molecule has 218 valence electrons. The monoisotopic (exact) mass is 564 g/mol. The predicted octanol–water partition coefficient (Wildman–Crippen LogP) is 1.44. The predicted molar refractivity (Wildman–Crippen MR) is 150 cm³/mol. The van der Waals surface area contributed by atoms with E-state index in [0.717, 1.165) is 5.56 Å². The quantitative estimate of drug-likeness (QED) is 0.365. The van der Waals surface area contributed by atoms with Gasteiger partial charge in [0.1, 0.15) is 11.7 Å². The number of aromatic nitrogens is 1. The molecule has 3 N–H and O–H groups in total. The summed E-state index contributed by atoms with van der Waals surface area (Å²) in [4.78, 5) is 57.5. The zero-order valence-corrected chi connectivity index (χ0v) is 23.8. The highest BCUT2D eigenvalue weighted by atomic mass is 16.7. The number of piperazine rings is 1. The second-order valence-electron chi connectivity index (χ2n) is 12.0. The summed E-state index contributed by atoms with van der Waals surface area (Å²) in [5.41, 5.74) is 1.53. The first-order valence-corrected chi connectivity index (χ1v) is 14.2. The molecule has 3 aliphatic heterocycles. The van der Waals surface area contributed by atoms with E-state index in [0.29, 0.717) is 25.2 Å². The largest absolute Gasteiger partial charge is 0.600 e. The van der Waals surface area contributed by atoms with Crippen LogP contribution in [0.4, 0.5) is 0 Å². The van der Waals surface area contributed by atoms with Crippen molar-refractivity contribution in [1.82, 2.24) is 15.6 Å². The molecule has 1 aromatic heterocycles. The van der Waals surface area contributed by atoms with Crippen LogP contribution in [0.2, 0.25) is 5.82 Å². The number of pyridine rings is 1. The topological polar surface area (TPSA) is 144 Å². The molecule has 0 bridgehead atoms. The van der Waals surface area contributed by atoms with Gasteiger partial charge in [-0.05, 0) is 37.2 Å². The molecular weight excluding hydrogens is 527 g/mol. The molecule has 3 fully saturated rings. The minimum Gasteiger partial charge on any atom is -0.600 e. The number of aliphatic hydroxyl groups is 1. The Morgan fingerprint density at radius 1 is 1.05 bits per heavy atom. The summed E-state index contributed by atoms with van der Waals surface area (Å²) >= 11 is 0. The van der Waals surface area contributed by atoms with Crippen molar-refractivity contribution in [2.45, 2.75) is 63.7 Å². The van der Waals surface area contributed by atoms with Crippen molar-refractivity contribution in [3.05, 3.63) is 54.2 Å². The molecule has 5 rings (SSSR count). The SMILES string of the molecule is CC(C)C[C@H](CC(=O)[C@@H](NC(=O)c1cccc(-c2ccccc2)n1)[C@@H](C)O)[B-]12OC(=O)[C@H]3CNC[C@@H](C(=O)O1)[N+]32C. The lowest BCUT2D eigenvalue weighted by Gasteiger charge is -2.52. The Morgan fingerprint density at radius 3 is 2.27 bits per heavy atom. The zero-order valence-electron chi connectivity index (χ0n) is 23.8. The van der Waals surface area contributed by atoms with E-state index in [9.17, 15) is 24.3 Å². The molecule has 0 saturated carbocycles. The summed E-state index contributed by atoms with van der Waals surface area (Å²) < 4.78 is 11.9. The van der Waals surface area contributed by atoms with Crippen LogP contribution in [0.3, 0.4) is 0 Å². The minimum atomic E-state index is -2.56. The van der Waals surface area contributed by atoms with Crippen molar-refractivity contribution >= 4 is 30.3 Å². The highest BCUT2D eigenvalue weighted by Crippen LogP contribution is 2.51. The van der Waals surface area contributed by atoms with E-state index < -0.39 is 60.4 Å². The molecule has 11 nitrogen and oxygen atoms in total. The number of hydrogen-bond donors (Lipinski definition) is 3. The molecular formula is C29H37BN4O7. The van der Waals surface area contributed by atoms with Crippen LogP contribution in [0.1, 0.15) is 44.1 Å². The standard InChI is InChI=1S/C29H37BN4O7/c1-17(2)13-20(30-34(4)23(28(38)40-30)15-31-16-24(34)29(39)41-30)14-25(36)26(18(3)35)33-27(37)22-12-8-11-21(32-22)19-9-6-5-7-10-19/h5-12,17-18,20,23-24,26,31,35H,13-16H2,1-4H3,(H,33,37)/t18-,20-,23-,24+,26+,30?,34?/m1/s1. The molecule has 1 aromatic carbocycles. The number of likely N-dealkylation sites (N-methyl/N-ethyl adjacent to an activating group) is 1. The van der Waals surface area contributed by atoms with Gasteiger partial charge >= 0.3 is 18.6 Å². The van der Waals surface area contributed by atoms with Crippen LogP contribution in [-0.2, 0) is 23.7 Å².